The molecule has 0 heterocycles. The highest BCUT2D eigenvalue weighted by Gasteiger charge is 2.17. The topological polar surface area (TPSA) is 150 Å². The zero-order valence-electron chi connectivity index (χ0n) is 22.6. The van der Waals surface area contributed by atoms with Gasteiger partial charge in [-0.25, -0.2) is 0 Å². The van der Waals surface area contributed by atoms with Crippen LogP contribution in [-0.2, 0) is 9.59 Å². The van der Waals surface area contributed by atoms with E-state index in [0.717, 1.165) is 5.56 Å². The van der Waals surface area contributed by atoms with Crippen molar-refractivity contribution in [1.82, 2.24) is 10.6 Å². The zero-order valence-corrected chi connectivity index (χ0v) is 23.3. The van der Waals surface area contributed by atoms with Crippen LogP contribution in [0.4, 0.5) is 5.69 Å². The predicted octanol–water partition coefficient (Wildman–Crippen LogP) is 2.99. The summed E-state index contributed by atoms with van der Waals surface area (Å²) in [5.74, 6) is -0.0724. The van der Waals surface area contributed by atoms with Crippen LogP contribution in [0.2, 0.25) is 5.02 Å². The number of carbonyl (C=O) groups excluding carboxylic acids is 2. The van der Waals surface area contributed by atoms with Gasteiger partial charge in [0.1, 0.15) is 11.4 Å². The molecule has 4 N–H and O–H groups in total. The SMILES string of the molecule is COc1ccc(N=O)c(/C(=N\[C@H](C)CC(=O)NCCNC(=O)/C=C/c2ccc(B(O)O)cc2)c2ccc(Cl)cc2)c1. The first-order valence-corrected chi connectivity index (χ1v) is 13.1. The van der Waals surface area contributed by atoms with Crippen molar-refractivity contribution in [3.63, 3.8) is 0 Å². The maximum atomic E-state index is 12.6. The molecule has 0 spiro atoms. The predicted molar refractivity (Wildman–Crippen MR) is 161 cm³/mol. The summed E-state index contributed by atoms with van der Waals surface area (Å²) in [5.41, 5.74) is 2.88. The standard InChI is InChI=1S/C29H30BClN4O6/c1-19(17-28(37)33-16-15-32-27(36)14-5-20-3-8-22(9-4-20)30(38)39)34-29(21-6-10-23(31)11-7-21)25-18-24(41-2)12-13-26(25)35-40/h3-14,18-19,38-39H,15-17H2,1-2H3,(H,32,36)(H,33,37)/b14-5+,34-29-/t19-/m1/s1. The van der Waals surface area contributed by atoms with Gasteiger partial charge in [0.15, 0.2) is 0 Å². The molecule has 0 bridgehead atoms. The average molecular weight is 577 g/mol. The van der Waals surface area contributed by atoms with Gasteiger partial charge in [0.2, 0.25) is 11.8 Å². The molecule has 212 valence electrons. The number of carbonyl (C=O) groups is 2. The number of nitrogens with zero attached hydrogens (tertiary/aromatic N) is 2. The van der Waals surface area contributed by atoms with E-state index in [2.05, 4.69) is 15.8 Å². The zero-order chi connectivity index (χ0) is 29.8. The lowest BCUT2D eigenvalue weighted by atomic mass is 9.80. The summed E-state index contributed by atoms with van der Waals surface area (Å²) in [4.78, 5) is 40.9. The lowest BCUT2D eigenvalue weighted by molar-refractivity contribution is -0.121. The molecule has 12 heteroatoms. The average Bonchev–Trinajstić information content (AvgIpc) is 2.97. The highest BCUT2D eigenvalue weighted by molar-refractivity contribution is 6.58. The number of amides is 2. The number of rotatable bonds is 13. The van der Waals surface area contributed by atoms with Crippen molar-refractivity contribution in [2.45, 2.75) is 19.4 Å². The molecule has 3 aromatic carbocycles. The fourth-order valence-electron chi connectivity index (χ4n) is 3.82. The van der Waals surface area contributed by atoms with Crippen molar-refractivity contribution < 1.29 is 24.4 Å². The molecule has 41 heavy (non-hydrogen) atoms. The van der Waals surface area contributed by atoms with E-state index in [4.69, 9.17) is 31.4 Å². The molecular formula is C29H30BClN4O6. The van der Waals surface area contributed by atoms with E-state index in [1.54, 1.807) is 79.7 Å². The maximum absolute atomic E-state index is 12.6. The van der Waals surface area contributed by atoms with Gasteiger partial charge in [0.05, 0.1) is 18.9 Å². The molecule has 10 nitrogen and oxygen atoms in total. The van der Waals surface area contributed by atoms with E-state index >= 15 is 0 Å². The summed E-state index contributed by atoms with van der Waals surface area (Å²) < 4.78 is 5.32. The highest BCUT2D eigenvalue weighted by Crippen LogP contribution is 2.28. The molecule has 0 aliphatic heterocycles. The van der Waals surface area contributed by atoms with E-state index in [1.165, 1.54) is 13.2 Å². The molecule has 0 aromatic heterocycles. The van der Waals surface area contributed by atoms with Gasteiger partial charge in [-0.3, -0.25) is 14.6 Å². The monoisotopic (exact) mass is 576 g/mol. The first-order valence-electron chi connectivity index (χ1n) is 12.7. The number of methoxy groups -OCH3 is 1. The molecule has 0 aliphatic carbocycles. The molecule has 3 aromatic rings. The smallest absolute Gasteiger partial charge is 0.488 e. The van der Waals surface area contributed by atoms with Crippen molar-refractivity contribution >= 4 is 53.5 Å². The fraction of sp³-hybridized carbons (Fsp3) is 0.207. The van der Waals surface area contributed by atoms with Gasteiger partial charge in [-0.2, -0.15) is 0 Å². The van der Waals surface area contributed by atoms with Crippen molar-refractivity contribution in [3.8, 4) is 5.75 Å². The number of halogens is 1. The molecule has 0 radical (unpaired) electrons. The minimum Gasteiger partial charge on any atom is -0.497 e. The third-order valence-electron chi connectivity index (χ3n) is 5.91. The second-order valence-corrected chi connectivity index (χ2v) is 9.46. The summed E-state index contributed by atoms with van der Waals surface area (Å²) in [6.07, 6.45) is 3.01. The van der Waals surface area contributed by atoms with Crippen LogP contribution in [-0.4, -0.2) is 60.9 Å². The van der Waals surface area contributed by atoms with Crippen LogP contribution in [0.5, 0.6) is 5.75 Å². The lowest BCUT2D eigenvalue weighted by Gasteiger charge is -2.14. The van der Waals surface area contributed by atoms with Crippen molar-refractivity contribution in [3.05, 3.63) is 99.4 Å². The van der Waals surface area contributed by atoms with Crippen molar-refractivity contribution in [1.29, 1.82) is 0 Å². The van der Waals surface area contributed by atoms with Gasteiger partial charge in [-0.15, -0.1) is 4.91 Å². The maximum Gasteiger partial charge on any atom is 0.488 e. The van der Waals surface area contributed by atoms with Crippen molar-refractivity contribution in [2.75, 3.05) is 20.2 Å². The van der Waals surface area contributed by atoms with Crippen LogP contribution in [0.25, 0.3) is 6.08 Å². The number of ether oxygens (including phenoxy) is 1. The molecular weight excluding hydrogens is 547 g/mol. The molecule has 3 rings (SSSR count). The Bertz CT molecular complexity index is 1410. The van der Waals surface area contributed by atoms with Gasteiger partial charge < -0.3 is 25.4 Å². The number of nitrogens with one attached hydrogen (secondary N) is 2. The summed E-state index contributed by atoms with van der Waals surface area (Å²) in [6.45, 7) is 2.22. The summed E-state index contributed by atoms with van der Waals surface area (Å²) in [6, 6.07) is 17.8. The summed E-state index contributed by atoms with van der Waals surface area (Å²) in [7, 11) is -0.0327. The van der Waals surface area contributed by atoms with Gasteiger partial charge in [-0.1, -0.05) is 48.0 Å². The molecule has 0 fully saturated rings. The molecule has 0 unspecified atom stereocenters. The van der Waals surface area contributed by atoms with Crippen LogP contribution >= 0.6 is 11.6 Å². The first kappa shape index (κ1) is 31.2. The second-order valence-electron chi connectivity index (χ2n) is 9.03. The molecule has 0 saturated heterocycles. The minimum atomic E-state index is -1.55. The van der Waals surface area contributed by atoms with E-state index < -0.39 is 13.2 Å². The van der Waals surface area contributed by atoms with E-state index in [0.29, 0.717) is 33.1 Å². The van der Waals surface area contributed by atoms with E-state index in [9.17, 15) is 14.5 Å². The van der Waals surface area contributed by atoms with Crippen LogP contribution in [0.3, 0.4) is 0 Å². The lowest BCUT2D eigenvalue weighted by Crippen LogP contribution is -2.35. The Balaban J connectivity index is 1.58. The number of hydrogen-bond donors (Lipinski definition) is 4. The van der Waals surface area contributed by atoms with E-state index in [1.807, 2.05) is 0 Å². The highest BCUT2D eigenvalue weighted by atomic mass is 35.5. The van der Waals surface area contributed by atoms with Crippen LogP contribution in [0.1, 0.15) is 30.0 Å². The van der Waals surface area contributed by atoms with Crippen LogP contribution in [0.15, 0.2) is 83.0 Å². The van der Waals surface area contributed by atoms with Gasteiger partial charge in [0, 0.05) is 41.7 Å². The molecule has 1 atom stereocenters. The normalized spacial score (nSPS) is 12.1. The third-order valence-corrected chi connectivity index (χ3v) is 6.17. The molecule has 0 aliphatic rings. The van der Waals surface area contributed by atoms with Gasteiger partial charge in [0.25, 0.3) is 0 Å². The molecule has 0 saturated carbocycles. The minimum absolute atomic E-state index is 0.0668. The number of aliphatic imine (C=N–C) groups is 1. The van der Waals surface area contributed by atoms with Crippen molar-refractivity contribution in [2.24, 2.45) is 10.2 Å². The Labute approximate surface area is 243 Å². The van der Waals surface area contributed by atoms with Crippen LogP contribution < -0.4 is 20.8 Å². The number of nitroso groups, excluding NO2 is 1. The fourth-order valence-corrected chi connectivity index (χ4v) is 3.95. The Morgan fingerprint density at radius 1 is 1.02 bits per heavy atom. The summed E-state index contributed by atoms with van der Waals surface area (Å²) >= 11 is 6.06. The Kier molecular flexibility index (Phi) is 11.8. The first-order chi connectivity index (χ1) is 19.7. The quantitative estimate of drug-likeness (QED) is 0.0808. The van der Waals surface area contributed by atoms with Gasteiger partial charge >= 0.3 is 7.12 Å². The number of benzene rings is 3. The Hall–Kier alpha value is -4.32. The largest absolute Gasteiger partial charge is 0.497 e. The van der Waals surface area contributed by atoms with Gasteiger partial charge in [-0.05, 0) is 59.5 Å². The van der Waals surface area contributed by atoms with E-state index in [-0.39, 0.29) is 37.0 Å². The second kappa shape index (κ2) is 15.5. The number of hydrogen-bond acceptors (Lipinski definition) is 8. The summed E-state index contributed by atoms with van der Waals surface area (Å²) in [5, 5.41) is 27.4. The Morgan fingerprint density at radius 3 is 2.34 bits per heavy atom. The van der Waals surface area contributed by atoms with Crippen LogP contribution in [0, 0.1) is 4.91 Å². The molecule has 2 amide bonds. The third kappa shape index (κ3) is 9.68. The Morgan fingerprint density at radius 2 is 1.71 bits per heavy atom.